The SMILES string of the molecule is O=C(Oc1ccc2ccccc2c1C=Nc1cccc2ccccc12)c1cccc([N+](=O)[O-])c1. The third-order valence-corrected chi connectivity index (χ3v) is 5.53. The number of rotatable bonds is 5. The third-order valence-electron chi connectivity index (χ3n) is 5.53. The summed E-state index contributed by atoms with van der Waals surface area (Å²) >= 11 is 0. The molecule has 0 amide bonds. The van der Waals surface area contributed by atoms with Gasteiger partial charge in [0.2, 0.25) is 0 Å². The van der Waals surface area contributed by atoms with E-state index in [0.29, 0.717) is 11.3 Å². The molecule has 0 aromatic heterocycles. The molecule has 0 aliphatic carbocycles. The second-order valence-electron chi connectivity index (χ2n) is 7.65. The first-order valence-corrected chi connectivity index (χ1v) is 10.6. The zero-order chi connectivity index (χ0) is 23.5. The van der Waals surface area contributed by atoms with Crippen LogP contribution in [0.2, 0.25) is 0 Å². The smallest absolute Gasteiger partial charge is 0.343 e. The lowest BCUT2D eigenvalue weighted by atomic mass is 10.0. The Kier molecular flexibility index (Phi) is 5.54. The average Bonchev–Trinajstić information content (AvgIpc) is 2.88. The Bertz CT molecular complexity index is 1590. The van der Waals surface area contributed by atoms with Gasteiger partial charge in [-0.1, -0.05) is 72.8 Å². The fraction of sp³-hybridized carbons (Fsp3) is 0. The van der Waals surface area contributed by atoms with E-state index in [2.05, 4.69) is 0 Å². The molecule has 0 aliphatic rings. The Balaban J connectivity index is 1.57. The Labute approximate surface area is 194 Å². The molecule has 0 radical (unpaired) electrons. The summed E-state index contributed by atoms with van der Waals surface area (Å²) in [6.07, 6.45) is 1.69. The lowest BCUT2D eigenvalue weighted by Crippen LogP contribution is -2.10. The number of nitro groups is 1. The molecule has 0 saturated heterocycles. The number of non-ortho nitro benzene ring substituents is 1. The van der Waals surface area contributed by atoms with Gasteiger partial charge in [0.25, 0.3) is 5.69 Å². The lowest BCUT2D eigenvalue weighted by Gasteiger charge is -2.11. The minimum atomic E-state index is -0.682. The van der Waals surface area contributed by atoms with E-state index in [0.717, 1.165) is 27.2 Å². The Morgan fingerprint density at radius 1 is 0.794 bits per heavy atom. The number of fused-ring (bicyclic) bond motifs is 2. The molecule has 0 N–H and O–H groups in total. The van der Waals surface area contributed by atoms with Gasteiger partial charge in [0.1, 0.15) is 5.75 Å². The van der Waals surface area contributed by atoms with Gasteiger partial charge in [-0.3, -0.25) is 15.1 Å². The van der Waals surface area contributed by atoms with Crippen LogP contribution in [-0.4, -0.2) is 17.1 Å². The first kappa shape index (κ1) is 21.0. The second kappa shape index (κ2) is 8.96. The number of benzene rings is 5. The maximum atomic E-state index is 12.8. The highest BCUT2D eigenvalue weighted by molar-refractivity contribution is 6.05. The van der Waals surface area contributed by atoms with Crippen LogP contribution in [0.3, 0.4) is 0 Å². The molecule has 0 saturated carbocycles. The molecule has 6 heteroatoms. The number of nitro benzene ring substituents is 1. The van der Waals surface area contributed by atoms with Crippen LogP contribution >= 0.6 is 0 Å². The van der Waals surface area contributed by atoms with Gasteiger partial charge in [-0.15, -0.1) is 0 Å². The molecular formula is C28H18N2O4. The van der Waals surface area contributed by atoms with E-state index >= 15 is 0 Å². The minimum absolute atomic E-state index is 0.0966. The first-order valence-electron chi connectivity index (χ1n) is 10.6. The summed E-state index contributed by atoms with van der Waals surface area (Å²) in [5, 5.41) is 15.0. The van der Waals surface area contributed by atoms with Gasteiger partial charge < -0.3 is 4.74 Å². The topological polar surface area (TPSA) is 81.8 Å². The fourth-order valence-corrected chi connectivity index (χ4v) is 3.86. The number of aliphatic imine (C=N–C) groups is 1. The molecule has 6 nitrogen and oxygen atoms in total. The maximum absolute atomic E-state index is 12.8. The minimum Gasteiger partial charge on any atom is -0.422 e. The van der Waals surface area contributed by atoms with E-state index in [1.165, 1.54) is 24.3 Å². The zero-order valence-corrected chi connectivity index (χ0v) is 17.9. The average molecular weight is 446 g/mol. The zero-order valence-electron chi connectivity index (χ0n) is 17.9. The van der Waals surface area contributed by atoms with Crippen molar-refractivity contribution in [3.05, 3.63) is 124 Å². The van der Waals surface area contributed by atoms with Crippen molar-refractivity contribution in [2.75, 3.05) is 0 Å². The molecule has 34 heavy (non-hydrogen) atoms. The lowest BCUT2D eigenvalue weighted by molar-refractivity contribution is -0.384. The summed E-state index contributed by atoms with van der Waals surface area (Å²) in [5.74, 6) is -0.363. The molecule has 5 aromatic rings. The van der Waals surface area contributed by atoms with Crippen LogP contribution in [0.4, 0.5) is 11.4 Å². The quantitative estimate of drug-likeness (QED) is 0.0970. The molecule has 0 bridgehead atoms. The van der Waals surface area contributed by atoms with Crippen LogP contribution in [0.1, 0.15) is 15.9 Å². The van der Waals surface area contributed by atoms with E-state index in [4.69, 9.17) is 9.73 Å². The standard InChI is InChI=1S/C28H18N2O4/c31-28(21-10-5-11-22(17-21)30(32)33)34-27-16-15-20-8-1-3-12-23(20)25(27)18-29-26-14-6-9-19-7-2-4-13-24(19)26/h1-18H. The van der Waals surface area contributed by atoms with E-state index in [9.17, 15) is 14.9 Å². The van der Waals surface area contributed by atoms with Crippen molar-refractivity contribution in [3.8, 4) is 5.75 Å². The molecular weight excluding hydrogens is 428 g/mol. The van der Waals surface area contributed by atoms with Crippen LogP contribution in [0.25, 0.3) is 21.5 Å². The highest BCUT2D eigenvalue weighted by Crippen LogP contribution is 2.30. The molecule has 0 heterocycles. The van der Waals surface area contributed by atoms with E-state index in [-0.39, 0.29) is 11.3 Å². The molecule has 5 rings (SSSR count). The number of carbonyl (C=O) groups excluding carboxylic acids is 1. The third kappa shape index (κ3) is 4.12. The van der Waals surface area contributed by atoms with Crippen molar-refractivity contribution >= 4 is 45.1 Å². The summed E-state index contributed by atoms with van der Waals surface area (Å²) in [6.45, 7) is 0. The van der Waals surface area contributed by atoms with E-state index in [1.807, 2.05) is 72.8 Å². The maximum Gasteiger partial charge on any atom is 0.343 e. The summed E-state index contributed by atoms with van der Waals surface area (Å²) in [7, 11) is 0. The van der Waals surface area contributed by atoms with Crippen molar-refractivity contribution in [1.29, 1.82) is 0 Å². The normalized spacial score (nSPS) is 11.2. The molecule has 0 fully saturated rings. The number of nitrogens with zero attached hydrogens (tertiary/aromatic N) is 2. The highest BCUT2D eigenvalue weighted by Gasteiger charge is 2.16. The Hall–Kier alpha value is -4.84. The molecule has 0 aliphatic heterocycles. The summed E-state index contributed by atoms with van der Waals surface area (Å²) in [6, 6.07) is 30.7. The number of ether oxygens (including phenoxy) is 1. The van der Waals surface area contributed by atoms with Gasteiger partial charge in [-0.25, -0.2) is 4.79 Å². The Morgan fingerprint density at radius 3 is 2.26 bits per heavy atom. The van der Waals surface area contributed by atoms with Gasteiger partial charge in [-0.2, -0.15) is 0 Å². The second-order valence-corrected chi connectivity index (χ2v) is 7.65. The van der Waals surface area contributed by atoms with Crippen molar-refractivity contribution < 1.29 is 14.5 Å². The van der Waals surface area contributed by atoms with Crippen LogP contribution < -0.4 is 4.74 Å². The van der Waals surface area contributed by atoms with Crippen LogP contribution in [-0.2, 0) is 0 Å². The van der Waals surface area contributed by atoms with Crippen LogP contribution in [0.5, 0.6) is 5.75 Å². The molecule has 0 spiro atoms. The Morgan fingerprint density at radius 2 is 1.47 bits per heavy atom. The predicted octanol–water partition coefficient (Wildman–Crippen LogP) is 6.87. The molecule has 0 unspecified atom stereocenters. The largest absolute Gasteiger partial charge is 0.422 e. The number of hydrogen-bond acceptors (Lipinski definition) is 5. The predicted molar refractivity (Wildman–Crippen MR) is 133 cm³/mol. The van der Waals surface area contributed by atoms with Crippen LogP contribution in [0.15, 0.2) is 108 Å². The van der Waals surface area contributed by atoms with Gasteiger partial charge in [-0.05, 0) is 34.4 Å². The summed E-state index contributed by atoms with van der Waals surface area (Å²) < 4.78 is 5.70. The van der Waals surface area contributed by atoms with E-state index in [1.54, 1.807) is 12.3 Å². The monoisotopic (exact) mass is 446 g/mol. The van der Waals surface area contributed by atoms with Crippen molar-refractivity contribution in [1.82, 2.24) is 0 Å². The number of hydrogen-bond donors (Lipinski definition) is 0. The number of esters is 1. The van der Waals surface area contributed by atoms with E-state index < -0.39 is 10.9 Å². The van der Waals surface area contributed by atoms with Crippen molar-refractivity contribution in [2.45, 2.75) is 0 Å². The summed E-state index contributed by atoms with van der Waals surface area (Å²) in [4.78, 5) is 28.1. The van der Waals surface area contributed by atoms with Gasteiger partial charge in [0, 0.05) is 29.3 Å². The van der Waals surface area contributed by atoms with Gasteiger partial charge in [0.05, 0.1) is 16.2 Å². The highest BCUT2D eigenvalue weighted by atomic mass is 16.6. The van der Waals surface area contributed by atoms with Crippen molar-refractivity contribution in [2.24, 2.45) is 4.99 Å². The van der Waals surface area contributed by atoms with Gasteiger partial charge in [0.15, 0.2) is 0 Å². The summed E-state index contributed by atoms with van der Waals surface area (Å²) in [5.41, 5.74) is 1.36. The molecule has 5 aromatic carbocycles. The first-order chi connectivity index (χ1) is 16.6. The molecule has 0 atom stereocenters. The van der Waals surface area contributed by atoms with Crippen LogP contribution in [0, 0.1) is 10.1 Å². The number of carbonyl (C=O) groups is 1. The van der Waals surface area contributed by atoms with Gasteiger partial charge >= 0.3 is 5.97 Å². The van der Waals surface area contributed by atoms with Crippen molar-refractivity contribution in [3.63, 3.8) is 0 Å². The molecule has 164 valence electrons. The fourth-order valence-electron chi connectivity index (χ4n) is 3.86.